The molecule has 0 aliphatic heterocycles. The normalized spacial score (nSPS) is 10.6. The fraction of sp³-hybridized carbons (Fsp3) is 0.176. The highest BCUT2D eigenvalue weighted by atomic mass is 79.9. The first-order valence-electron chi connectivity index (χ1n) is 7.64. The van der Waals surface area contributed by atoms with Crippen molar-refractivity contribution in [3.05, 3.63) is 58.8 Å². The molecule has 1 amide bonds. The fourth-order valence-corrected chi connectivity index (χ4v) is 3.39. The number of tetrazole rings is 1. The van der Waals surface area contributed by atoms with Crippen LogP contribution in [0.5, 0.6) is 0 Å². The number of anilines is 1. The number of aryl methyl sites for hydroxylation is 1. The lowest BCUT2D eigenvalue weighted by molar-refractivity contribution is -0.115. The van der Waals surface area contributed by atoms with Gasteiger partial charge in [0.1, 0.15) is 6.33 Å². The van der Waals surface area contributed by atoms with Gasteiger partial charge < -0.3 is 5.32 Å². The number of aromatic nitrogens is 4. The van der Waals surface area contributed by atoms with Gasteiger partial charge in [-0.25, -0.2) is 4.68 Å². The molecule has 0 aliphatic rings. The van der Waals surface area contributed by atoms with Gasteiger partial charge in [0.2, 0.25) is 5.91 Å². The third-order valence-electron chi connectivity index (χ3n) is 3.49. The quantitative estimate of drug-likeness (QED) is 0.616. The lowest BCUT2D eigenvalue weighted by atomic mass is 10.2. The summed E-state index contributed by atoms with van der Waals surface area (Å²) < 4.78 is 2.64. The highest BCUT2D eigenvalue weighted by Gasteiger charge is 2.07. The highest BCUT2D eigenvalue weighted by Crippen LogP contribution is 2.22. The van der Waals surface area contributed by atoms with E-state index in [1.165, 1.54) is 0 Å². The van der Waals surface area contributed by atoms with Gasteiger partial charge in [-0.1, -0.05) is 15.9 Å². The molecule has 0 aliphatic carbocycles. The summed E-state index contributed by atoms with van der Waals surface area (Å²) in [6.45, 7) is 1.95. The van der Waals surface area contributed by atoms with Crippen molar-refractivity contribution >= 4 is 39.3 Å². The smallest absolute Gasteiger partial charge is 0.225 e. The minimum Gasteiger partial charge on any atom is -0.326 e. The molecule has 2 aromatic carbocycles. The SMILES string of the molecule is Cc1cc(NC(=O)CCSc2ccc(Br)cc2)ccc1-n1cnnn1. The number of benzene rings is 2. The van der Waals surface area contributed by atoms with Gasteiger partial charge in [0.05, 0.1) is 5.69 Å². The minimum absolute atomic E-state index is 0.000755. The zero-order chi connectivity index (χ0) is 17.6. The Morgan fingerprint density at radius 1 is 1.24 bits per heavy atom. The van der Waals surface area contributed by atoms with Crippen molar-refractivity contribution in [2.45, 2.75) is 18.2 Å². The van der Waals surface area contributed by atoms with Crippen LogP contribution in [0.15, 0.2) is 58.2 Å². The second-order valence-corrected chi connectivity index (χ2v) is 7.44. The van der Waals surface area contributed by atoms with Gasteiger partial charge in [-0.3, -0.25) is 4.79 Å². The molecule has 25 heavy (non-hydrogen) atoms. The van der Waals surface area contributed by atoms with Crippen molar-refractivity contribution in [3.8, 4) is 5.69 Å². The molecule has 6 nitrogen and oxygen atoms in total. The second-order valence-electron chi connectivity index (χ2n) is 5.36. The summed E-state index contributed by atoms with van der Waals surface area (Å²) in [7, 11) is 0. The van der Waals surface area contributed by atoms with Crippen LogP contribution in [0.25, 0.3) is 5.69 Å². The molecule has 1 N–H and O–H groups in total. The molecule has 0 saturated carbocycles. The molecule has 3 rings (SSSR count). The maximum Gasteiger partial charge on any atom is 0.225 e. The molecule has 1 aromatic heterocycles. The predicted octanol–water partition coefficient (Wildman–Crippen LogP) is 3.85. The Bertz CT molecular complexity index is 852. The number of amides is 1. The first-order chi connectivity index (χ1) is 12.1. The molecule has 128 valence electrons. The number of halogens is 1. The van der Waals surface area contributed by atoms with E-state index in [9.17, 15) is 4.79 Å². The molecule has 0 atom stereocenters. The average molecular weight is 418 g/mol. The zero-order valence-corrected chi connectivity index (χ0v) is 15.9. The van der Waals surface area contributed by atoms with Crippen molar-refractivity contribution in [2.75, 3.05) is 11.1 Å². The largest absolute Gasteiger partial charge is 0.326 e. The Morgan fingerprint density at radius 2 is 2.04 bits per heavy atom. The van der Waals surface area contributed by atoms with Crippen LogP contribution >= 0.6 is 27.7 Å². The van der Waals surface area contributed by atoms with E-state index in [0.29, 0.717) is 6.42 Å². The van der Waals surface area contributed by atoms with Crippen LogP contribution in [-0.2, 0) is 4.79 Å². The minimum atomic E-state index is -0.000755. The highest BCUT2D eigenvalue weighted by molar-refractivity contribution is 9.10. The number of carbonyl (C=O) groups excluding carboxylic acids is 1. The summed E-state index contributed by atoms with van der Waals surface area (Å²) in [6, 6.07) is 13.7. The number of nitrogens with zero attached hydrogens (tertiary/aromatic N) is 4. The standard InChI is InChI=1S/C17H16BrN5OS/c1-12-10-14(4-7-16(12)23-11-19-21-22-23)20-17(24)8-9-25-15-5-2-13(18)3-6-15/h2-7,10-11H,8-9H2,1H3,(H,20,24). The van der Waals surface area contributed by atoms with Crippen LogP contribution in [0, 0.1) is 6.92 Å². The van der Waals surface area contributed by atoms with E-state index in [-0.39, 0.29) is 5.91 Å². The molecule has 0 radical (unpaired) electrons. The molecule has 0 bridgehead atoms. The second kappa shape index (κ2) is 8.26. The van der Waals surface area contributed by atoms with E-state index in [4.69, 9.17) is 0 Å². The number of rotatable bonds is 6. The molecule has 0 fully saturated rings. The van der Waals surface area contributed by atoms with Gasteiger partial charge in [0.15, 0.2) is 0 Å². The Hall–Kier alpha value is -2.19. The van der Waals surface area contributed by atoms with E-state index in [0.717, 1.165) is 32.1 Å². The Kier molecular flexibility index (Phi) is 5.83. The molecule has 1 heterocycles. The molecule has 0 unspecified atom stereocenters. The van der Waals surface area contributed by atoms with Crippen LogP contribution in [0.3, 0.4) is 0 Å². The van der Waals surface area contributed by atoms with Crippen LogP contribution < -0.4 is 5.32 Å². The summed E-state index contributed by atoms with van der Waals surface area (Å²) in [6.07, 6.45) is 1.99. The Labute approximate surface area is 158 Å². The maximum absolute atomic E-state index is 12.1. The van der Waals surface area contributed by atoms with Gasteiger partial charge in [-0.2, -0.15) is 0 Å². The van der Waals surface area contributed by atoms with Crippen molar-refractivity contribution < 1.29 is 4.79 Å². The van der Waals surface area contributed by atoms with Crippen molar-refractivity contribution in [1.82, 2.24) is 20.2 Å². The van der Waals surface area contributed by atoms with Gasteiger partial charge in [0, 0.05) is 27.2 Å². The van der Waals surface area contributed by atoms with Gasteiger partial charge in [-0.15, -0.1) is 16.9 Å². The van der Waals surface area contributed by atoms with Crippen LogP contribution in [0.4, 0.5) is 5.69 Å². The lowest BCUT2D eigenvalue weighted by Gasteiger charge is -2.09. The van der Waals surface area contributed by atoms with Crippen LogP contribution in [0.1, 0.15) is 12.0 Å². The number of carbonyl (C=O) groups is 1. The first-order valence-corrected chi connectivity index (χ1v) is 9.42. The number of nitrogens with one attached hydrogen (secondary N) is 1. The number of hydrogen-bond donors (Lipinski definition) is 1. The van der Waals surface area contributed by atoms with E-state index in [2.05, 4.69) is 36.8 Å². The third-order valence-corrected chi connectivity index (χ3v) is 5.03. The monoisotopic (exact) mass is 417 g/mol. The summed E-state index contributed by atoms with van der Waals surface area (Å²) in [5, 5.41) is 14.1. The Balaban J connectivity index is 1.52. The summed E-state index contributed by atoms with van der Waals surface area (Å²) >= 11 is 5.08. The van der Waals surface area contributed by atoms with E-state index in [1.54, 1.807) is 22.8 Å². The van der Waals surface area contributed by atoms with Crippen molar-refractivity contribution in [2.24, 2.45) is 0 Å². The predicted molar refractivity (Wildman–Crippen MR) is 102 cm³/mol. The van der Waals surface area contributed by atoms with Crippen LogP contribution in [-0.4, -0.2) is 31.9 Å². The fourth-order valence-electron chi connectivity index (χ4n) is 2.28. The third kappa shape index (κ3) is 4.90. The van der Waals surface area contributed by atoms with E-state index >= 15 is 0 Å². The van der Waals surface area contributed by atoms with E-state index < -0.39 is 0 Å². The zero-order valence-electron chi connectivity index (χ0n) is 13.5. The summed E-state index contributed by atoms with van der Waals surface area (Å²) in [5.74, 6) is 0.731. The van der Waals surface area contributed by atoms with Crippen molar-refractivity contribution in [3.63, 3.8) is 0 Å². The number of hydrogen-bond acceptors (Lipinski definition) is 5. The molecule has 0 spiro atoms. The lowest BCUT2D eigenvalue weighted by Crippen LogP contribution is -2.12. The molecular weight excluding hydrogens is 402 g/mol. The van der Waals surface area contributed by atoms with Gasteiger partial charge >= 0.3 is 0 Å². The Morgan fingerprint density at radius 3 is 2.72 bits per heavy atom. The van der Waals surface area contributed by atoms with Crippen molar-refractivity contribution in [1.29, 1.82) is 0 Å². The maximum atomic E-state index is 12.1. The van der Waals surface area contributed by atoms with Gasteiger partial charge in [0.25, 0.3) is 0 Å². The number of thioether (sulfide) groups is 1. The average Bonchev–Trinajstić information content (AvgIpc) is 3.11. The van der Waals surface area contributed by atoms with Crippen LogP contribution in [0.2, 0.25) is 0 Å². The van der Waals surface area contributed by atoms with E-state index in [1.807, 2.05) is 49.4 Å². The summed E-state index contributed by atoms with van der Waals surface area (Å²) in [5.41, 5.74) is 2.64. The summed E-state index contributed by atoms with van der Waals surface area (Å²) in [4.78, 5) is 13.3. The molecule has 3 aromatic rings. The topological polar surface area (TPSA) is 72.7 Å². The molecule has 8 heteroatoms. The van der Waals surface area contributed by atoms with Gasteiger partial charge in [-0.05, 0) is 65.4 Å². The molecule has 0 saturated heterocycles. The first kappa shape index (κ1) is 17.6. The molecular formula is C17H16BrN5OS.